The second kappa shape index (κ2) is 5.23. The molecule has 5 heteroatoms. The summed E-state index contributed by atoms with van der Waals surface area (Å²) in [4.78, 5) is 19.7. The third kappa shape index (κ3) is 2.90. The van der Waals surface area contributed by atoms with E-state index >= 15 is 0 Å². The molecule has 0 aliphatic carbocycles. The molecule has 0 radical (unpaired) electrons. The molecule has 0 spiro atoms. The molecule has 0 unspecified atom stereocenters. The third-order valence-electron chi connectivity index (χ3n) is 2.40. The van der Waals surface area contributed by atoms with Crippen LogP contribution in [-0.4, -0.2) is 15.8 Å². The van der Waals surface area contributed by atoms with Gasteiger partial charge in [0.1, 0.15) is 5.82 Å². The summed E-state index contributed by atoms with van der Waals surface area (Å²) in [5, 5.41) is 0.301. The van der Waals surface area contributed by atoms with Crippen LogP contribution < -0.4 is 0 Å². The van der Waals surface area contributed by atoms with Gasteiger partial charge in [-0.1, -0.05) is 17.7 Å². The number of aromatic nitrogens is 2. The summed E-state index contributed by atoms with van der Waals surface area (Å²) < 4.78 is 13.5. The summed E-state index contributed by atoms with van der Waals surface area (Å²) in [6.45, 7) is 1.83. The standard InChI is InChI=1S/C13H10ClFN2O/c1-8-6-16-13(17-7-8)12(18)4-9-2-3-10(14)5-11(9)15/h2-3,5-7H,4H2,1H3. The third-order valence-corrected chi connectivity index (χ3v) is 2.63. The maximum absolute atomic E-state index is 13.5. The van der Waals surface area contributed by atoms with Crippen molar-refractivity contribution >= 4 is 17.4 Å². The molecular weight excluding hydrogens is 255 g/mol. The van der Waals surface area contributed by atoms with Crippen LogP contribution in [0.2, 0.25) is 5.02 Å². The van der Waals surface area contributed by atoms with Gasteiger partial charge >= 0.3 is 0 Å². The van der Waals surface area contributed by atoms with Gasteiger partial charge in [0.15, 0.2) is 5.82 Å². The fourth-order valence-corrected chi connectivity index (χ4v) is 1.61. The number of benzene rings is 1. The van der Waals surface area contributed by atoms with Crippen molar-refractivity contribution in [2.24, 2.45) is 0 Å². The first kappa shape index (κ1) is 12.6. The van der Waals surface area contributed by atoms with Crippen LogP contribution in [0.15, 0.2) is 30.6 Å². The van der Waals surface area contributed by atoms with Crippen molar-refractivity contribution in [3.8, 4) is 0 Å². The van der Waals surface area contributed by atoms with Crippen LogP contribution >= 0.6 is 11.6 Å². The molecule has 0 saturated heterocycles. The van der Waals surface area contributed by atoms with Gasteiger partial charge in [0.2, 0.25) is 5.78 Å². The van der Waals surface area contributed by atoms with Gasteiger partial charge in [-0.25, -0.2) is 14.4 Å². The Labute approximate surface area is 109 Å². The second-order valence-electron chi connectivity index (χ2n) is 3.92. The van der Waals surface area contributed by atoms with Crippen LogP contribution in [0.3, 0.4) is 0 Å². The van der Waals surface area contributed by atoms with Gasteiger partial charge in [-0.15, -0.1) is 0 Å². The molecule has 1 heterocycles. The minimum Gasteiger partial charge on any atom is -0.290 e. The average Bonchev–Trinajstić information content (AvgIpc) is 2.33. The lowest BCUT2D eigenvalue weighted by Crippen LogP contribution is -2.09. The highest BCUT2D eigenvalue weighted by atomic mass is 35.5. The highest BCUT2D eigenvalue weighted by Gasteiger charge is 2.13. The van der Waals surface area contributed by atoms with E-state index in [1.165, 1.54) is 12.1 Å². The molecule has 0 amide bonds. The molecule has 1 aromatic carbocycles. The Balaban J connectivity index is 2.18. The quantitative estimate of drug-likeness (QED) is 0.801. The second-order valence-corrected chi connectivity index (χ2v) is 4.36. The zero-order valence-corrected chi connectivity index (χ0v) is 10.4. The number of Topliss-reactive ketones (excluding diaryl/α,β-unsaturated/α-hetero) is 1. The van der Waals surface area contributed by atoms with Crippen LogP contribution in [0, 0.1) is 12.7 Å². The minimum atomic E-state index is -0.497. The maximum atomic E-state index is 13.5. The summed E-state index contributed by atoms with van der Waals surface area (Å²) in [6, 6.07) is 4.22. The van der Waals surface area contributed by atoms with E-state index in [1.54, 1.807) is 18.5 Å². The number of rotatable bonds is 3. The van der Waals surface area contributed by atoms with E-state index in [9.17, 15) is 9.18 Å². The summed E-state index contributed by atoms with van der Waals surface area (Å²) in [7, 11) is 0. The van der Waals surface area contributed by atoms with Gasteiger partial charge < -0.3 is 0 Å². The Morgan fingerprint density at radius 1 is 1.33 bits per heavy atom. The summed E-state index contributed by atoms with van der Waals surface area (Å²) in [5.74, 6) is -0.728. The van der Waals surface area contributed by atoms with E-state index in [0.717, 1.165) is 5.56 Å². The van der Waals surface area contributed by atoms with E-state index in [1.807, 2.05) is 6.92 Å². The molecule has 0 fully saturated rings. The van der Waals surface area contributed by atoms with Crippen molar-refractivity contribution in [2.75, 3.05) is 0 Å². The number of carbonyl (C=O) groups excluding carboxylic acids is 1. The van der Waals surface area contributed by atoms with E-state index in [-0.39, 0.29) is 23.6 Å². The first-order valence-corrected chi connectivity index (χ1v) is 5.70. The van der Waals surface area contributed by atoms with Crippen LogP contribution in [0.5, 0.6) is 0 Å². The number of carbonyl (C=O) groups is 1. The zero-order chi connectivity index (χ0) is 13.1. The Hall–Kier alpha value is -1.81. The van der Waals surface area contributed by atoms with Crippen LogP contribution in [0.4, 0.5) is 4.39 Å². The van der Waals surface area contributed by atoms with Gasteiger partial charge in [0.25, 0.3) is 0 Å². The largest absolute Gasteiger partial charge is 0.290 e. The number of aryl methyl sites for hydroxylation is 1. The van der Waals surface area contributed by atoms with Crippen molar-refractivity contribution in [1.82, 2.24) is 9.97 Å². The summed E-state index contributed by atoms with van der Waals surface area (Å²) in [6.07, 6.45) is 3.03. The first-order chi connectivity index (χ1) is 8.56. The lowest BCUT2D eigenvalue weighted by molar-refractivity contribution is 0.0982. The number of halogens is 2. The van der Waals surface area contributed by atoms with E-state index < -0.39 is 5.82 Å². The highest BCUT2D eigenvalue weighted by molar-refractivity contribution is 6.30. The highest BCUT2D eigenvalue weighted by Crippen LogP contribution is 2.16. The molecular formula is C13H10ClFN2O. The van der Waals surface area contributed by atoms with E-state index in [0.29, 0.717) is 5.02 Å². The first-order valence-electron chi connectivity index (χ1n) is 5.32. The van der Waals surface area contributed by atoms with E-state index in [2.05, 4.69) is 9.97 Å². The smallest absolute Gasteiger partial charge is 0.204 e. The molecule has 92 valence electrons. The Bertz CT molecular complexity index is 584. The molecule has 2 rings (SSSR count). The van der Waals surface area contributed by atoms with Crippen LogP contribution in [0.25, 0.3) is 0 Å². The lowest BCUT2D eigenvalue weighted by Gasteiger charge is -2.02. The molecule has 3 nitrogen and oxygen atoms in total. The summed E-state index contributed by atoms with van der Waals surface area (Å²) in [5.41, 5.74) is 1.15. The van der Waals surface area contributed by atoms with Crippen molar-refractivity contribution in [2.45, 2.75) is 13.3 Å². The van der Waals surface area contributed by atoms with Gasteiger partial charge in [0.05, 0.1) is 0 Å². The van der Waals surface area contributed by atoms with Gasteiger partial charge in [-0.05, 0) is 30.2 Å². The predicted octanol–water partition coefficient (Wildman–Crippen LogP) is 3.00. The molecule has 0 aliphatic heterocycles. The molecule has 0 aliphatic rings. The fraction of sp³-hybridized carbons (Fsp3) is 0.154. The molecule has 18 heavy (non-hydrogen) atoms. The maximum Gasteiger partial charge on any atom is 0.204 e. The molecule has 1 aromatic heterocycles. The summed E-state index contributed by atoms with van der Waals surface area (Å²) >= 11 is 5.64. The molecule has 2 aromatic rings. The number of ketones is 1. The number of hydrogen-bond acceptors (Lipinski definition) is 3. The Morgan fingerprint density at radius 3 is 2.61 bits per heavy atom. The Kier molecular flexibility index (Phi) is 3.67. The van der Waals surface area contributed by atoms with Crippen molar-refractivity contribution in [3.63, 3.8) is 0 Å². The number of nitrogens with zero attached hydrogens (tertiary/aromatic N) is 2. The van der Waals surface area contributed by atoms with Crippen molar-refractivity contribution in [1.29, 1.82) is 0 Å². The fourth-order valence-electron chi connectivity index (χ4n) is 1.45. The average molecular weight is 265 g/mol. The van der Waals surface area contributed by atoms with Gasteiger partial charge in [-0.3, -0.25) is 4.79 Å². The van der Waals surface area contributed by atoms with Crippen LogP contribution in [0.1, 0.15) is 21.7 Å². The number of hydrogen-bond donors (Lipinski definition) is 0. The minimum absolute atomic E-state index is 0.0773. The molecule has 0 N–H and O–H groups in total. The lowest BCUT2D eigenvalue weighted by atomic mass is 10.1. The predicted molar refractivity (Wildman–Crippen MR) is 66.2 cm³/mol. The van der Waals surface area contributed by atoms with Crippen molar-refractivity contribution in [3.05, 3.63) is 58.4 Å². The van der Waals surface area contributed by atoms with E-state index in [4.69, 9.17) is 11.6 Å². The zero-order valence-electron chi connectivity index (χ0n) is 9.65. The monoisotopic (exact) mass is 264 g/mol. The topological polar surface area (TPSA) is 42.9 Å². The normalized spacial score (nSPS) is 10.4. The molecule has 0 bridgehead atoms. The molecule has 0 saturated carbocycles. The van der Waals surface area contributed by atoms with Gasteiger partial charge in [0, 0.05) is 23.8 Å². The van der Waals surface area contributed by atoms with Crippen molar-refractivity contribution < 1.29 is 9.18 Å². The molecule has 0 atom stereocenters. The SMILES string of the molecule is Cc1cnc(C(=O)Cc2ccc(Cl)cc2F)nc1. The van der Waals surface area contributed by atoms with Gasteiger partial charge in [-0.2, -0.15) is 0 Å². The van der Waals surface area contributed by atoms with Crippen LogP contribution in [-0.2, 0) is 6.42 Å². The Morgan fingerprint density at radius 2 is 2.00 bits per heavy atom.